The van der Waals surface area contributed by atoms with Crippen molar-refractivity contribution in [3.8, 4) is 0 Å². The second kappa shape index (κ2) is 5.58. The van der Waals surface area contributed by atoms with Crippen LogP contribution in [0.3, 0.4) is 0 Å². The van der Waals surface area contributed by atoms with E-state index >= 15 is 0 Å². The molecule has 6 nitrogen and oxygen atoms in total. The van der Waals surface area contributed by atoms with Crippen molar-refractivity contribution in [3.05, 3.63) is 24.0 Å². The van der Waals surface area contributed by atoms with E-state index in [2.05, 4.69) is 20.5 Å². The summed E-state index contributed by atoms with van der Waals surface area (Å²) in [5, 5.41) is 5.65. The number of nitrogens with zero attached hydrogens (tertiary/aromatic N) is 2. The van der Waals surface area contributed by atoms with Crippen molar-refractivity contribution in [1.82, 2.24) is 15.6 Å². The number of carbonyl (C=O) groups is 2. The Morgan fingerprint density at radius 1 is 1.15 bits per heavy atom. The van der Waals surface area contributed by atoms with Gasteiger partial charge in [-0.15, -0.1) is 0 Å². The number of amides is 2. The van der Waals surface area contributed by atoms with Crippen LogP contribution in [-0.2, 0) is 9.59 Å². The molecule has 6 heteroatoms. The van der Waals surface area contributed by atoms with Gasteiger partial charge in [0.05, 0.1) is 0 Å². The Hall–Kier alpha value is -1.95. The first kappa shape index (κ1) is 13.1. The predicted molar refractivity (Wildman–Crippen MR) is 74.4 cm³/mol. The van der Waals surface area contributed by atoms with E-state index in [4.69, 9.17) is 0 Å². The van der Waals surface area contributed by atoms with Gasteiger partial charge < -0.3 is 10.2 Å². The van der Waals surface area contributed by atoms with Gasteiger partial charge in [-0.05, 0) is 12.1 Å². The number of rotatable bonds is 2. The second-order valence-electron chi connectivity index (χ2n) is 5.25. The molecule has 2 saturated heterocycles. The molecular weight excluding hydrogens is 256 g/mol. The first-order valence-electron chi connectivity index (χ1n) is 6.96. The smallest absolute Gasteiger partial charge is 0.227 e. The Morgan fingerprint density at radius 2 is 1.85 bits per heavy atom. The third-order valence-corrected chi connectivity index (χ3v) is 3.81. The summed E-state index contributed by atoms with van der Waals surface area (Å²) in [6.45, 7) is 3.88. The van der Waals surface area contributed by atoms with Crippen LogP contribution < -0.4 is 15.5 Å². The monoisotopic (exact) mass is 274 g/mol. The number of nitrogens with one attached hydrogen (secondary N) is 2. The summed E-state index contributed by atoms with van der Waals surface area (Å²) in [4.78, 5) is 29.6. The van der Waals surface area contributed by atoms with Crippen molar-refractivity contribution >= 4 is 17.5 Å². The van der Waals surface area contributed by atoms with Crippen molar-refractivity contribution in [2.75, 3.05) is 31.1 Å². The van der Waals surface area contributed by atoms with Gasteiger partial charge in [0.2, 0.25) is 11.8 Å². The zero-order valence-electron chi connectivity index (χ0n) is 11.3. The van der Waals surface area contributed by atoms with Crippen LogP contribution in [0.25, 0.3) is 0 Å². The third-order valence-electron chi connectivity index (χ3n) is 3.81. The summed E-state index contributed by atoms with van der Waals surface area (Å²) < 4.78 is 0. The highest BCUT2D eigenvalue weighted by Gasteiger charge is 2.27. The number of hydrogen-bond donors (Lipinski definition) is 2. The fourth-order valence-corrected chi connectivity index (χ4v) is 2.77. The Morgan fingerprint density at radius 3 is 2.55 bits per heavy atom. The van der Waals surface area contributed by atoms with E-state index in [1.807, 2.05) is 12.1 Å². The van der Waals surface area contributed by atoms with E-state index in [-0.39, 0.29) is 17.7 Å². The fraction of sp³-hybridized carbons (Fsp3) is 0.500. The molecule has 0 aromatic carbocycles. The molecule has 0 atom stereocenters. The van der Waals surface area contributed by atoms with Crippen LogP contribution in [0.1, 0.15) is 24.5 Å². The number of anilines is 1. The molecule has 0 saturated carbocycles. The molecule has 3 heterocycles. The average molecular weight is 274 g/mol. The molecular formula is C14H18N4O2. The first-order valence-corrected chi connectivity index (χ1v) is 6.96. The van der Waals surface area contributed by atoms with Crippen LogP contribution in [0.2, 0.25) is 0 Å². The summed E-state index contributed by atoms with van der Waals surface area (Å²) in [5.41, 5.74) is 1.96. The molecule has 3 rings (SSSR count). The highest BCUT2D eigenvalue weighted by atomic mass is 16.2. The van der Waals surface area contributed by atoms with Crippen LogP contribution in [0.5, 0.6) is 0 Å². The lowest BCUT2D eigenvalue weighted by Crippen LogP contribution is -2.43. The number of imide groups is 1. The molecule has 2 aliphatic rings. The highest BCUT2D eigenvalue weighted by Crippen LogP contribution is 2.27. The van der Waals surface area contributed by atoms with Crippen LogP contribution in [0.4, 0.5) is 5.69 Å². The molecule has 1 aromatic heterocycles. The molecule has 0 radical (unpaired) electrons. The summed E-state index contributed by atoms with van der Waals surface area (Å²) in [6, 6.07) is 4.00. The highest BCUT2D eigenvalue weighted by molar-refractivity contribution is 5.98. The molecule has 2 aliphatic heterocycles. The third kappa shape index (κ3) is 2.80. The summed E-state index contributed by atoms with van der Waals surface area (Å²) in [7, 11) is 0. The molecule has 0 aliphatic carbocycles. The number of piperidine rings is 1. The van der Waals surface area contributed by atoms with E-state index in [0.29, 0.717) is 12.8 Å². The summed E-state index contributed by atoms with van der Waals surface area (Å²) in [5.74, 6) is -0.514. The number of hydrogen-bond acceptors (Lipinski definition) is 5. The van der Waals surface area contributed by atoms with Crippen LogP contribution in [-0.4, -0.2) is 43.0 Å². The van der Waals surface area contributed by atoms with Gasteiger partial charge in [0.25, 0.3) is 0 Å². The predicted octanol–water partition coefficient (Wildman–Crippen LogP) is 0.0114. The van der Waals surface area contributed by atoms with Crippen LogP contribution >= 0.6 is 0 Å². The van der Waals surface area contributed by atoms with E-state index in [9.17, 15) is 9.59 Å². The molecule has 2 N–H and O–H groups in total. The minimum absolute atomic E-state index is 0.0980. The van der Waals surface area contributed by atoms with Gasteiger partial charge in [-0.2, -0.15) is 0 Å². The standard InChI is InChI=1S/C14H18N4O2/c19-13-7-10(8-14(20)17-13)12-9-11(1-2-16-12)18-5-3-15-4-6-18/h1-2,9-10,15H,3-8H2,(H,17,19,20). The Kier molecular flexibility index (Phi) is 3.64. The van der Waals surface area contributed by atoms with Gasteiger partial charge in [-0.1, -0.05) is 0 Å². The van der Waals surface area contributed by atoms with E-state index < -0.39 is 0 Å². The second-order valence-corrected chi connectivity index (χ2v) is 5.25. The van der Waals surface area contributed by atoms with E-state index in [1.165, 1.54) is 0 Å². The zero-order chi connectivity index (χ0) is 13.9. The van der Waals surface area contributed by atoms with Gasteiger partial charge in [-0.25, -0.2) is 0 Å². The molecule has 1 aromatic rings. The maximum absolute atomic E-state index is 11.5. The van der Waals surface area contributed by atoms with Gasteiger partial charge >= 0.3 is 0 Å². The van der Waals surface area contributed by atoms with Gasteiger partial charge in [0.15, 0.2) is 0 Å². The lowest BCUT2D eigenvalue weighted by molar-refractivity contribution is -0.133. The van der Waals surface area contributed by atoms with Gasteiger partial charge in [0, 0.05) is 62.5 Å². The number of pyridine rings is 1. The van der Waals surface area contributed by atoms with Crippen molar-refractivity contribution in [2.24, 2.45) is 0 Å². The average Bonchev–Trinajstić information content (AvgIpc) is 2.47. The largest absolute Gasteiger partial charge is 0.369 e. The van der Waals surface area contributed by atoms with Crippen LogP contribution in [0, 0.1) is 0 Å². The van der Waals surface area contributed by atoms with Crippen molar-refractivity contribution < 1.29 is 9.59 Å². The lowest BCUT2D eigenvalue weighted by atomic mass is 9.93. The zero-order valence-corrected chi connectivity index (χ0v) is 11.3. The summed E-state index contributed by atoms with van der Waals surface area (Å²) >= 11 is 0. The number of aromatic nitrogens is 1. The summed E-state index contributed by atoms with van der Waals surface area (Å²) in [6.07, 6.45) is 2.44. The molecule has 0 bridgehead atoms. The maximum atomic E-state index is 11.5. The SMILES string of the molecule is O=C1CC(c2cc(N3CCNCC3)ccn2)CC(=O)N1. The number of piperazine rings is 1. The minimum Gasteiger partial charge on any atom is -0.369 e. The van der Waals surface area contributed by atoms with Crippen molar-refractivity contribution in [1.29, 1.82) is 0 Å². The molecule has 2 fully saturated rings. The van der Waals surface area contributed by atoms with Gasteiger partial charge in [-0.3, -0.25) is 19.9 Å². The van der Waals surface area contributed by atoms with E-state index in [0.717, 1.165) is 37.6 Å². The maximum Gasteiger partial charge on any atom is 0.227 e. The van der Waals surface area contributed by atoms with E-state index in [1.54, 1.807) is 6.20 Å². The fourth-order valence-electron chi connectivity index (χ4n) is 2.77. The Bertz CT molecular complexity index is 510. The molecule has 0 spiro atoms. The molecule has 106 valence electrons. The van der Waals surface area contributed by atoms with Crippen molar-refractivity contribution in [3.63, 3.8) is 0 Å². The minimum atomic E-state index is -0.208. The lowest BCUT2D eigenvalue weighted by Gasteiger charge is -2.30. The molecule has 2 amide bonds. The normalized spacial score (nSPS) is 20.9. The first-order chi connectivity index (χ1) is 9.72. The Labute approximate surface area is 117 Å². The van der Waals surface area contributed by atoms with Crippen LogP contribution in [0.15, 0.2) is 18.3 Å². The number of carbonyl (C=O) groups excluding carboxylic acids is 2. The van der Waals surface area contributed by atoms with Gasteiger partial charge in [0.1, 0.15) is 0 Å². The molecule has 20 heavy (non-hydrogen) atoms. The van der Waals surface area contributed by atoms with Crippen molar-refractivity contribution in [2.45, 2.75) is 18.8 Å². The topological polar surface area (TPSA) is 74.3 Å². The Balaban J connectivity index is 1.79. The quantitative estimate of drug-likeness (QED) is 0.743. The molecule has 0 unspecified atom stereocenters.